The summed E-state index contributed by atoms with van der Waals surface area (Å²) in [6.07, 6.45) is 1.00. The fourth-order valence-corrected chi connectivity index (χ4v) is 1.14. The molecule has 1 unspecified atom stereocenters. The van der Waals surface area contributed by atoms with Gasteiger partial charge in [0.15, 0.2) is 0 Å². The number of hydrogen-bond donors (Lipinski definition) is 1. The fourth-order valence-electron chi connectivity index (χ4n) is 1.14. The molecule has 0 bridgehead atoms. The van der Waals surface area contributed by atoms with Gasteiger partial charge in [-0.15, -0.1) is 12.4 Å². The quantitative estimate of drug-likeness (QED) is 0.754. The molecule has 1 nitrogen and oxygen atoms in total. The van der Waals surface area contributed by atoms with Crippen LogP contribution in [-0.2, 0) is 0 Å². The monoisotopic (exact) mass is 185 g/mol. The van der Waals surface area contributed by atoms with E-state index in [0.29, 0.717) is 0 Å². The second-order valence-electron chi connectivity index (χ2n) is 2.93. The lowest BCUT2D eigenvalue weighted by Crippen LogP contribution is -2.08. The lowest BCUT2D eigenvalue weighted by molar-refractivity contribution is 0.698. The molecule has 1 rings (SSSR count). The second-order valence-corrected chi connectivity index (χ2v) is 2.93. The average molecular weight is 186 g/mol. The summed E-state index contributed by atoms with van der Waals surface area (Å²) >= 11 is 0. The highest BCUT2D eigenvalue weighted by molar-refractivity contribution is 5.85. The zero-order valence-electron chi connectivity index (χ0n) is 7.58. The van der Waals surface area contributed by atoms with E-state index < -0.39 is 0 Å². The number of aryl methyl sites for hydroxylation is 1. The number of benzene rings is 1. The van der Waals surface area contributed by atoms with Crippen LogP contribution in [0.1, 0.15) is 30.5 Å². The van der Waals surface area contributed by atoms with Gasteiger partial charge in [0, 0.05) is 6.04 Å². The van der Waals surface area contributed by atoms with Crippen molar-refractivity contribution >= 4 is 12.4 Å². The molecule has 12 heavy (non-hydrogen) atoms. The highest BCUT2D eigenvalue weighted by atomic mass is 35.5. The normalized spacial score (nSPS) is 11.9. The van der Waals surface area contributed by atoms with E-state index in [2.05, 4.69) is 38.1 Å². The van der Waals surface area contributed by atoms with Crippen molar-refractivity contribution in [2.24, 2.45) is 5.73 Å². The van der Waals surface area contributed by atoms with E-state index in [0.717, 1.165) is 6.42 Å². The molecule has 0 amide bonds. The van der Waals surface area contributed by atoms with Crippen LogP contribution in [0.5, 0.6) is 0 Å². The van der Waals surface area contributed by atoms with Gasteiger partial charge in [-0.1, -0.05) is 36.8 Å². The molecule has 2 N–H and O–H groups in total. The predicted molar refractivity (Wildman–Crippen MR) is 55.6 cm³/mol. The summed E-state index contributed by atoms with van der Waals surface area (Å²) in [6, 6.07) is 8.58. The van der Waals surface area contributed by atoms with Crippen LogP contribution in [0, 0.1) is 6.92 Å². The van der Waals surface area contributed by atoms with Gasteiger partial charge in [-0.2, -0.15) is 0 Å². The molecule has 68 valence electrons. The Morgan fingerprint density at radius 1 is 1.42 bits per heavy atom. The third-order valence-corrected chi connectivity index (χ3v) is 1.91. The largest absolute Gasteiger partial charge is 0.324 e. The first-order valence-corrected chi connectivity index (χ1v) is 4.06. The fraction of sp³-hybridized carbons (Fsp3) is 0.400. The number of halogens is 1. The molecule has 0 heterocycles. The molecule has 0 aliphatic rings. The predicted octanol–water partition coefficient (Wildman–Crippen LogP) is 2.83. The highest BCUT2D eigenvalue weighted by Crippen LogP contribution is 2.14. The van der Waals surface area contributed by atoms with Crippen LogP contribution in [0.25, 0.3) is 0 Å². The third kappa shape index (κ3) is 2.84. The summed E-state index contributed by atoms with van der Waals surface area (Å²) in [7, 11) is 0. The molecule has 0 saturated heterocycles. The molecule has 0 radical (unpaired) electrons. The SMILES string of the molecule is CCC(N)c1cccc(C)c1.Cl. The lowest BCUT2D eigenvalue weighted by atomic mass is 10.0. The Morgan fingerprint density at radius 3 is 2.58 bits per heavy atom. The number of nitrogens with two attached hydrogens (primary N) is 1. The first-order chi connectivity index (χ1) is 5.24. The van der Waals surface area contributed by atoms with Crippen LogP contribution in [0.2, 0.25) is 0 Å². The van der Waals surface area contributed by atoms with Crippen molar-refractivity contribution in [3.05, 3.63) is 35.4 Å². The Kier molecular flexibility index (Phi) is 4.95. The van der Waals surface area contributed by atoms with Crippen molar-refractivity contribution in [1.82, 2.24) is 0 Å². The van der Waals surface area contributed by atoms with E-state index in [1.807, 2.05) is 0 Å². The van der Waals surface area contributed by atoms with Crippen molar-refractivity contribution in [3.63, 3.8) is 0 Å². The summed E-state index contributed by atoms with van der Waals surface area (Å²) in [5, 5.41) is 0. The van der Waals surface area contributed by atoms with Gasteiger partial charge in [0.2, 0.25) is 0 Å². The summed E-state index contributed by atoms with van der Waals surface area (Å²) in [6.45, 7) is 4.19. The molecule has 1 atom stereocenters. The average Bonchev–Trinajstić information content (AvgIpc) is 2.03. The van der Waals surface area contributed by atoms with E-state index in [-0.39, 0.29) is 18.4 Å². The molecule has 0 aromatic heterocycles. The number of rotatable bonds is 2. The Labute approximate surface area is 80.4 Å². The summed E-state index contributed by atoms with van der Waals surface area (Å²) in [4.78, 5) is 0. The van der Waals surface area contributed by atoms with Crippen molar-refractivity contribution < 1.29 is 0 Å². The Morgan fingerprint density at radius 2 is 2.08 bits per heavy atom. The molecule has 1 aromatic carbocycles. The van der Waals surface area contributed by atoms with Gasteiger partial charge in [-0.3, -0.25) is 0 Å². The summed E-state index contributed by atoms with van der Waals surface area (Å²) in [5.41, 5.74) is 8.39. The van der Waals surface area contributed by atoms with Crippen LogP contribution in [0.3, 0.4) is 0 Å². The van der Waals surface area contributed by atoms with Gasteiger partial charge < -0.3 is 5.73 Å². The van der Waals surface area contributed by atoms with Crippen molar-refractivity contribution in [2.45, 2.75) is 26.3 Å². The Balaban J connectivity index is 0.00000121. The minimum Gasteiger partial charge on any atom is -0.324 e. The van der Waals surface area contributed by atoms with Gasteiger partial charge in [0.05, 0.1) is 0 Å². The van der Waals surface area contributed by atoms with Gasteiger partial charge in [0.1, 0.15) is 0 Å². The van der Waals surface area contributed by atoms with Crippen molar-refractivity contribution in [2.75, 3.05) is 0 Å². The van der Waals surface area contributed by atoms with E-state index in [1.165, 1.54) is 11.1 Å². The maximum atomic E-state index is 5.86. The zero-order valence-corrected chi connectivity index (χ0v) is 8.40. The van der Waals surface area contributed by atoms with E-state index in [9.17, 15) is 0 Å². The molecular weight excluding hydrogens is 170 g/mol. The van der Waals surface area contributed by atoms with Crippen LogP contribution < -0.4 is 5.73 Å². The van der Waals surface area contributed by atoms with Crippen LogP contribution >= 0.6 is 12.4 Å². The van der Waals surface area contributed by atoms with E-state index >= 15 is 0 Å². The topological polar surface area (TPSA) is 26.0 Å². The van der Waals surface area contributed by atoms with Crippen LogP contribution in [0.4, 0.5) is 0 Å². The van der Waals surface area contributed by atoms with Gasteiger partial charge in [0.25, 0.3) is 0 Å². The highest BCUT2D eigenvalue weighted by Gasteiger charge is 2.01. The van der Waals surface area contributed by atoms with E-state index in [1.54, 1.807) is 0 Å². The maximum absolute atomic E-state index is 5.86. The molecule has 1 aromatic rings. The maximum Gasteiger partial charge on any atom is 0.0292 e. The van der Waals surface area contributed by atoms with Crippen molar-refractivity contribution in [1.29, 1.82) is 0 Å². The standard InChI is InChI=1S/C10H15N.ClH/c1-3-10(11)9-6-4-5-8(2)7-9;/h4-7,10H,3,11H2,1-2H3;1H. The Bertz CT molecular complexity index is 235. The van der Waals surface area contributed by atoms with Gasteiger partial charge in [-0.25, -0.2) is 0 Å². The Hall–Kier alpha value is -0.530. The summed E-state index contributed by atoms with van der Waals surface area (Å²) in [5.74, 6) is 0. The van der Waals surface area contributed by atoms with Gasteiger partial charge in [-0.05, 0) is 18.9 Å². The van der Waals surface area contributed by atoms with Crippen LogP contribution in [0.15, 0.2) is 24.3 Å². The first-order valence-electron chi connectivity index (χ1n) is 4.06. The smallest absolute Gasteiger partial charge is 0.0292 e. The molecule has 0 fully saturated rings. The lowest BCUT2D eigenvalue weighted by Gasteiger charge is -2.08. The minimum atomic E-state index is 0. The van der Waals surface area contributed by atoms with E-state index in [4.69, 9.17) is 5.73 Å². The third-order valence-electron chi connectivity index (χ3n) is 1.91. The molecular formula is C10H16ClN. The summed E-state index contributed by atoms with van der Waals surface area (Å²) < 4.78 is 0. The molecule has 0 spiro atoms. The molecule has 0 saturated carbocycles. The van der Waals surface area contributed by atoms with Crippen LogP contribution in [-0.4, -0.2) is 0 Å². The zero-order chi connectivity index (χ0) is 8.27. The van der Waals surface area contributed by atoms with Gasteiger partial charge >= 0.3 is 0 Å². The number of hydrogen-bond acceptors (Lipinski definition) is 1. The molecule has 0 aliphatic heterocycles. The first kappa shape index (κ1) is 11.5. The molecule has 0 aliphatic carbocycles. The van der Waals surface area contributed by atoms with Crippen molar-refractivity contribution in [3.8, 4) is 0 Å². The minimum absolute atomic E-state index is 0. The second kappa shape index (κ2) is 5.18. The molecule has 2 heteroatoms.